The highest BCUT2D eigenvalue weighted by Crippen LogP contribution is 2.14. The van der Waals surface area contributed by atoms with Gasteiger partial charge in [0.2, 0.25) is 0 Å². The molecule has 0 spiro atoms. The van der Waals surface area contributed by atoms with Gasteiger partial charge >= 0.3 is 23.9 Å². The molecule has 0 aromatic carbocycles. The summed E-state index contributed by atoms with van der Waals surface area (Å²) < 4.78 is 0. The number of aliphatic carboxylic acids is 4. The molecule has 0 fully saturated rings. The molecule has 0 saturated carbocycles. The average Bonchev–Trinajstić information content (AvgIpc) is 3.65. The summed E-state index contributed by atoms with van der Waals surface area (Å²) in [6, 6.07) is 0. The lowest BCUT2D eigenvalue weighted by Crippen LogP contribution is -1.96. The highest BCUT2D eigenvalue weighted by Gasteiger charge is 2.00. The van der Waals surface area contributed by atoms with E-state index in [1.54, 1.807) is 47.0 Å². The van der Waals surface area contributed by atoms with Gasteiger partial charge in [0.15, 0.2) is 0 Å². The molecule has 580 valence electrons. The van der Waals surface area contributed by atoms with Crippen LogP contribution < -0.4 is 0 Å². The number of thioether (sulfide) groups is 4. The maximum absolute atomic E-state index is 10.4. The fraction of sp³-hybridized carbons (Fsp3) is 0.600. The zero-order chi connectivity index (χ0) is 75.1. The van der Waals surface area contributed by atoms with Crippen molar-refractivity contribution in [2.75, 3.05) is 46.0 Å². The molecule has 0 aliphatic carbocycles. The second-order valence-electron chi connectivity index (χ2n) is 24.6. The molecule has 0 atom stereocenters. The Morgan fingerprint density at radius 2 is 0.363 bits per heavy atom. The molecule has 0 aliphatic rings. The SMILES string of the molecule is CC/C=C\C/C=C\C/C=C\C/C=C\C/C=C\C/C=C\CCCSCCC(=O)O.CC/C=C\C/C=C\C/C=C\CCCCCCCCSCCC(=O)O.CCCCC/C=C\C/C=C\C/C=C\C/C=C\CCCCSCCC(=O)O.CCCCC/C=C\C/C=C\C/C=C\CCCCCSCCC(=O)O. The smallest absolute Gasteiger partial charge is 0.304 e. The lowest BCUT2D eigenvalue weighted by atomic mass is 10.1. The van der Waals surface area contributed by atoms with Crippen molar-refractivity contribution in [3.8, 4) is 0 Å². The summed E-state index contributed by atoms with van der Waals surface area (Å²) >= 11 is 6.99. The highest BCUT2D eigenvalue weighted by molar-refractivity contribution is 7.99. The fourth-order valence-electron chi connectivity index (χ4n) is 8.95. The lowest BCUT2D eigenvalue weighted by molar-refractivity contribution is -0.137. The zero-order valence-electron chi connectivity index (χ0n) is 64.9. The van der Waals surface area contributed by atoms with Crippen LogP contribution in [-0.2, 0) is 19.2 Å². The van der Waals surface area contributed by atoms with Crippen molar-refractivity contribution in [1.29, 1.82) is 0 Å². The van der Waals surface area contributed by atoms with Crippen LogP contribution in [0.25, 0.3) is 0 Å². The number of carboxylic acids is 4. The van der Waals surface area contributed by atoms with Crippen molar-refractivity contribution in [2.45, 2.75) is 297 Å². The fourth-order valence-corrected chi connectivity index (χ4v) is 12.6. The van der Waals surface area contributed by atoms with E-state index in [1.807, 2.05) is 0 Å². The van der Waals surface area contributed by atoms with Gasteiger partial charge in [-0.15, -0.1) is 0 Å². The molecule has 0 saturated heterocycles. The van der Waals surface area contributed by atoms with Crippen molar-refractivity contribution in [3.05, 3.63) is 194 Å². The minimum absolute atomic E-state index is 0.268. The lowest BCUT2D eigenvalue weighted by Gasteiger charge is -2.01. The molecule has 4 N–H and O–H groups in total. The Balaban J connectivity index is -0.000000629. The van der Waals surface area contributed by atoms with E-state index in [0.29, 0.717) is 6.42 Å². The van der Waals surface area contributed by atoms with Crippen molar-refractivity contribution >= 4 is 70.9 Å². The van der Waals surface area contributed by atoms with Gasteiger partial charge < -0.3 is 20.4 Å². The number of unbranched alkanes of at least 4 members (excludes halogenated alkanes) is 18. The van der Waals surface area contributed by atoms with Crippen LogP contribution in [0.5, 0.6) is 0 Å². The first-order chi connectivity index (χ1) is 50.1. The summed E-state index contributed by atoms with van der Waals surface area (Å²) in [7, 11) is 0. The Bertz CT molecular complexity index is 2290. The van der Waals surface area contributed by atoms with Gasteiger partial charge in [0, 0.05) is 23.0 Å². The zero-order valence-corrected chi connectivity index (χ0v) is 68.2. The van der Waals surface area contributed by atoms with E-state index in [0.717, 1.165) is 162 Å². The van der Waals surface area contributed by atoms with E-state index in [-0.39, 0.29) is 19.3 Å². The number of allylic oxidation sites excluding steroid dienone is 32. The second kappa shape index (κ2) is 100. The molecule has 0 amide bonds. The summed E-state index contributed by atoms with van der Waals surface area (Å²) in [5.41, 5.74) is 0. The minimum Gasteiger partial charge on any atom is -0.481 e. The molecule has 0 rings (SSSR count). The van der Waals surface area contributed by atoms with Gasteiger partial charge in [-0.25, -0.2) is 0 Å². The molecule has 0 aliphatic heterocycles. The minimum atomic E-state index is -0.704. The van der Waals surface area contributed by atoms with Gasteiger partial charge in [-0.3, -0.25) is 19.2 Å². The van der Waals surface area contributed by atoms with Crippen LogP contribution in [-0.4, -0.2) is 90.3 Å². The van der Waals surface area contributed by atoms with Crippen LogP contribution in [0.2, 0.25) is 0 Å². The van der Waals surface area contributed by atoms with Gasteiger partial charge in [0.1, 0.15) is 0 Å². The van der Waals surface area contributed by atoms with Crippen LogP contribution >= 0.6 is 47.0 Å². The van der Waals surface area contributed by atoms with Crippen molar-refractivity contribution in [2.24, 2.45) is 0 Å². The number of carbonyl (C=O) groups is 4. The summed E-state index contributed by atoms with van der Waals surface area (Å²) in [4.78, 5) is 41.5. The number of hydrogen-bond donors (Lipinski definition) is 4. The first-order valence-corrected chi connectivity index (χ1v) is 44.3. The summed E-state index contributed by atoms with van der Waals surface area (Å²) in [6.07, 6.45) is 117. The van der Waals surface area contributed by atoms with E-state index in [9.17, 15) is 19.2 Å². The Hall–Kier alpha value is -4.88. The molecular formula is C90H148O8S4. The van der Waals surface area contributed by atoms with E-state index in [4.69, 9.17) is 20.4 Å². The second-order valence-corrected chi connectivity index (χ2v) is 29.5. The molecular weight excluding hydrogens is 1340 g/mol. The maximum atomic E-state index is 10.4. The predicted molar refractivity (Wildman–Crippen MR) is 463 cm³/mol. The molecule has 0 unspecified atom stereocenters. The third-order valence-electron chi connectivity index (χ3n) is 14.8. The van der Waals surface area contributed by atoms with E-state index < -0.39 is 23.9 Å². The average molecular weight is 1490 g/mol. The van der Waals surface area contributed by atoms with Gasteiger partial charge in [-0.2, -0.15) is 47.0 Å². The summed E-state index contributed by atoms with van der Waals surface area (Å²) in [5.74, 6) is 4.49. The maximum Gasteiger partial charge on any atom is 0.304 e. The standard InChI is InChI=1S/C25H38O2S.C23H38O2S.2C21H36O2S/c1-2-3-4-5-6-7-8-9-10-11-12-13-14-15-16-17-18-19-20-21-23-28-24-22-25(26)27;1-2-3-4-5-6-7-8-9-10-11-12-13-14-15-16-17-18-19-21-26-22-20-23(24)25;2*1-2-3-4-5-6-7-8-9-10-11-12-13-14-15-16-17-19-24-20-18-21(22)23/h3-4,6-7,9-10,12-13,15-16,18-19H,2,5,8,11,14,17,20-24H2,1H3,(H,26,27);6-7,9-10,12-13,15-16H,2-5,8,11,14,17-22H2,1H3,(H,24,25);6-7,9-10,12-13H,2-5,8,11,14-20H2,1H3,(H,22,23);3-4,6-7,9-10H,2,5,8,11-20H2,1H3,(H,22,23)/b4-3-,7-6-,10-9-,13-12-,16-15-,19-18-;7-6-,10-9-,13-12-,16-15-;7-6-,10-9-,13-12-;4-3-,7-6-,10-9-. The van der Waals surface area contributed by atoms with Crippen LogP contribution in [0.15, 0.2) is 194 Å². The molecule has 0 aromatic rings. The van der Waals surface area contributed by atoms with Gasteiger partial charge in [-0.05, 0) is 209 Å². The Labute approximate surface area is 644 Å². The summed E-state index contributed by atoms with van der Waals surface area (Å²) in [6.45, 7) is 8.80. The molecule has 12 heteroatoms. The normalized spacial score (nSPS) is 12.4. The molecule has 0 bridgehead atoms. The Morgan fingerprint density at radius 3 is 0.598 bits per heavy atom. The van der Waals surface area contributed by atoms with Crippen LogP contribution in [0, 0.1) is 0 Å². The Kier molecular flexibility index (Phi) is 102. The highest BCUT2D eigenvalue weighted by atomic mass is 32.2. The first-order valence-electron chi connectivity index (χ1n) is 39.7. The van der Waals surface area contributed by atoms with Gasteiger partial charge in [-0.1, -0.05) is 280 Å². The van der Waals surface area contributed by atoms with Gasteiger partial charge in [0.25, 0.3) is 0 Å². The van der Waals surface area contributed by atoms with Crippen molar-refractivity contribution in [1.82, 2.24) is 0 Å². The molecule has 0 aromatic heterocycles. The largest absolute Gasteiger partial charge is 0.481 e. The van der Waals surface area contributed by atoms with E-state index >= 15 is 0 Å². The number of hydrogen-bond acceptors (Lipinski definition) is 8. The molecule has 102 heavy (non-hydrogen) atoms. The third kappa shape index (κ3) is 116. The molecule has 8 nitrogen and oxygen atoms in total. The molecule has 0 heterocycles. The third-order valence-corrected chi connectivity index (χ3v) is 19.1. The quantitative estimate of drug-likeness (QED) is 0.0339. The van der Waals surface area contributed by atoms with Crippen molar-refractivity contribution in [3.63, 3.8) is 0 Å². The van der Waals surface area contributed by atoms with Gasteiger partial charge in [0.05, 0.1) is 25.7 Å². The predicted octanol–water partition coefficient (Wildman–Crippen LogP) is 28.6. The van der Waals surface area contributed by atoms with Crippen LogP contribution in [0.1, 0.15) is 297 Å². The number of rotatable bonds is 70. The Morgan fingerprint density at radius 1 is 0.196 bits per heavy atom. The van der Waals surface area contributed by atoms with E-state index in [2.05, 4.69) is 222 Å². The van der Waals surface area contributed by atoms with Crippen LogP contribution in [0.4, 0.5) is 0 Å². The topological polar surface area (TPSA) is 149 Å². The monoisotopic (exact) mass is 1490 g/mol. The van der Waals surface area contributed by atoms with Crippen LogP contribution in [0.3, 0.4) is 0 Å². The number of carboxylic acid groups (broad SMARTS) is 4. The van der Waals surface area contributed by atoms with E-state index in [1.165, 1.54) is 128 Å². The molecule has 0 radical (unpaired) electrons. The van der Waals surface area contributed by atoms with Crippen molar-refractivity contribution < 1.29 is 39.6 Å². The first kappa shape index (κ1) is 103. The summed E-state index contributed by atoms with van der Waals surface area (Å²) in [5, 5.41) is 34.1.